The number of aromatic nitrogens is 2. The first kappa shape index (κ1) is 17.1. The van der Waals surface area contributed by atoms with Crippen molar-refractivity contribution in [1.82, 2.24) is 20.8 Å². The molecule has 1 aliphatic rings. The number of halogens is 1. The van der Waals surface area contributed by atoms with Crippen LogP contribution in [0.4, 0.5) is 9.18 Å². The van der Waals surface area contributed by atoms with Gasteiger partial charge in [-0.25, -0.2) is 9.18 Å². The topological polar surface area (TPSA) is 100 Å². The summed E-state index contributed by atoms with van der Waals surface area (Å²) in [6.07, 6.45) is 4.31. The monoisotopic (exact) mass is 346 g/mol. The van der Waals surface area contributed by atoms with Gasteiger partial charge in [0, 0.05) is 31.1 Å². The average molecular weight is 346 g/mol. The molecule has 1 aromatic heterocycles. The Morgan fingerprint density at radius 3 is 2.88 bits per heavy atom. The zero-order valence-electron chi connectivity index (χ0n) is 13.6. The van der Waals surface area contributed by atoms with Crippen LogP contribution in [0.3, 0.4) is 0 Å². The number of nitrogens with one attached hydrogen (secondary N) is 2. The van der Waals surface area contributed by atoms with Crippen molar-refractivity contribution in [2.45, 2.75) is 25.4 Å². The Kier molecular flexibility index (Phi) is 5.08. The molecule has 1 unspecified atom stereocenters. The molecule has 25 heavy (non-hydrogen) atoms. The molecule has 0 fully saturated rings. The van der Waals surface area contributed by atoms with E-state index in [1.807, 2.05) is 12.2 Å². The number of rotatable bonds is 5. The number of carbonyl (C=O) groups is 1. The lowest BCUT2D eigenvalue weighted by atomic mass is 10.1. The van der Waals surface area contributed by atoms with E-state index in [0.717, 1.165) is 0 Å². The minimum atomic E-state index is -0.877. The predicted octanol–water partition coefficient (Wildman–Crippen LogP) is 1.84. The standard InChI is InChI=1S/C17H19FN4O3/c1-10-19-16(22-25-10)15(13-4-2-3-5-14(13)18)21-17(24)20-12-7-6-11(8-12)9-23/h2-7,11-12,15,23H,8-9H2,1H3,(H2,20,21,24)/t11-,12+,15?/m0/s1. The summed E-state index contributed by atoms with van der Waals surface area (Å²) in [6.45, 7) is 1.66. The van der Waals surface area contributed by atoms with Crippen molar-refractivity contribution in [1.29, 1.82) is 0 Å². The van der Waals surface area contributed by atoms with E-state index in [4.69, 9.17) is 9.63 Å². The molecule has 0 spiro atoms. The zero-order valence-corrected chi connectivity index (χ0v) is 13.6. The van der Waals surface area contributed by atoms with Crippen LogP contribution >= 0.6 is 0 Å². The summed E-state index contributed by atoms with van der Waals surface area (Å²) in [4.78, 5) is 16.4. The summed E-state index contributed by atoms with van der Waals surface area (Å²) in [7, 11) is 0. The van der Waals surface area contributed by atoms with Crippen molar-refractivity contribution in [2.24, 2.45) is 5.92 Å². The minimum absolute atomic E-state index is 0.0347. The normalized spacial score (nSPS) is 20.4. The Bertz CT molecular complexity index is 777. The third-order valence-electron chi connectivity index (χ3n) is 4.02. The van der Waals surface area contributed by atoms with Gasteiger partial charge in [0.15, 0.2) is 5.82 Å². The summed E-state index contributed by atoms with van der Waals surface area (Å²) in [5, 5.41) is 18.4. The lowest BCUT2D eigenvalue weighted by Gasteiger charge is -2.19. The average Bonchev–Trinajstić information content (AvgIpc) is 3.22. The fourth-order valence-corrected chi connectivity index (χ4v) is 2.78. The SMILES string of the molecule is Cc1nc(C(NC(=O)N[C@@H]2C=C[C@H](CO)C2)c2ccccc2F)no1. The van der Waals surface area contributed by atoms with E-state index in [2.05, 4.69) is 20.8 Å². The van der Waals surface area contributed by atoms with E-state index >= 15 is 0 Å². The molecule has 0 saturated carbocycles. The first-order valence-electron chi connectivity index (χ1n) is 7.97. The number of aryl methyl sites for hydroxylation is 1. The highest BCUT2D eigenvalue weighted by molar-refractivity contribution is 5.75. The number of carbonyl (C=O) groups excluding carboxylic acids is 1. The van der Waals surface area contributed by atoms with Gasteiger partial charge in [-0.15, -0.1) is 0 Å². The van der Waals surface area contributed by atoms with Crippen molar-refractivity contribution in [3.63, 3.8) is 0 Å². The van der Waals surface area contributed by atoms with Crippen LogP contribution in [-0.2, 0) is 0 Å². The molecule has 2 amide bonds. The van der Waals surface area contributed by atoms with Crippen LogP contribution in [0.25, 0.3) is 0 Å². The Balaban J connectivity index is 1.75. The molecule has 0 radical (unpaired) electrons. The summed E-state index contributed by atoms with van der Waals surface area (Å²) < 4.78 is 19.1. The molecule has 1 aromatic carbocycles. The number of amides is 2. The largest absolute Gasteiger partial charge is 0.396 e. The number of aliphatic hydroxyl groups is 1. The molecule has 3 N–H and O–H groups in total. The molecule has 1 heterocycles. The summed E-state index contributed by atoms with van der Waals surface area (Å²) in [6, 6.07) is 4.55. The van der Waals surface area contributed by atoms with Crippen LogP contribution in [0.2, 0.25) is 0 Å². The van der Waals surface area contributed by atoms with Crippen LogP contribution in [0, 0.1) is 18.7 Å². The first-order chi connectivity index (χ1) is 12.1. The van der Waals surface area contributed by atoms with Crippen molar-refractivity contribution in [2.75, 3.05) is 6.61 Å². The molecule has 2 aromatic rings. The second kappa shape index (κ2) is 7.43. The van der Waals surface area contributed by atoms with Gasteiger partial charge >= 0.3 is 6.03 Å². The molecule has 7 nitrogen and oxygen atoms in total. The molecule has 0 saturated heterocycles. The smallest absolute Gasteiger partial charge is 0.316 e. The van der Waals surface area contributed by atoms with Crippen LogP contribution < -0.4 is 10.6 Å². The molecular weight excluding hydrogens is 327 g/mol. The Labute approximate surface area is 143 Å². The summed E-state index contributed by atoms with van der Waals surface area (Å²) in [5.41, 5.74) is 0.244. The minimum Gasteiger partial charge on any atom is -0.396 e. The summed E-state index contributed by atoms with van der Waals surface area (Å²) in [5.74, 6) is 0.0555. The van der Waals surface area contributed by atoms with Crippen LogP contribution in [0.5, 0.6) is 0 Å². The van der Waals surface area contributed by atoms with Gasteiger partial charge in [0.1, 0.15) is 11.9 Å². The molecule has 8 heteroatoms. The predicted molar refractivity (Wildman–Crippen MR) is 87.1 cm³/mol. The number of hydrogen-bond acceptors (Lipinski definition) is 5. The summed E-state index contributed by atoms with van der Waals surface area (Å²) >= 11 is 0. The van der Waals surface area contributed by atoms with E-state index in [1.165, 1.54) is 6.07 Å². The number of benzene rings is 1. The molecule has 0 bridgehead atoms. The van der Waals surface area contributed by atoms with Crippen LogP contribution in [0.15, 0.2) is 40.9 Å². The number of urea groups is 1. The van der Waals surface area contributed by atoms with E-state index in [9.17, 15) is 9.18 Å². The van der Waals surface area contributed by atoms with Gasteiger partial charge in [0.2, 0.25) is 5.89 Å². The molecular formula is C17H19FN4O3. The van der Waals surface area contributed by atoms with Gasteiger partial charge in [-0.1, -0.05) is 35.5 Å². The van der Waals surface area contributed by atoms with E-state index in [1.54, 1.807) is 25.1 Å². The fourth-order valence-electron chi connectivity index (χ4n) is 2.78. The van der Waals surface area contributed by atoms with Crippen molar-refractivity contribution < 1.29 is 18.8 Å². The van der Waals surface area contributed by atoms with Gasteiger partial charge in [0.05, 0.1) is 0 Å². The molecule has 132 valence electrons. The number of hydrogen-bond donors (Lipinski definition) is 3. The highest BCUT2D eigenvalue weighted by atomic mass is 19.1. The third kappa shape index (κ3) is 4.03. The number of nitrogens with zero attached hydrogens (tertiary/aromatic N) is 2. The first-order valence-corrected chi connectivity index (χ1v) is 7.97. The van der Waals surface area contributed by atoms with Crippen molar-refractivity contribution >= 4 is 6.03 Å². The lowest BCUT2D eigenvalue weighted by Crippen LogP contribution is -2.43. The molecule has 1 aliphatic carbocycles. The van der Waals surface area contributed by atoms with Crippen molar-refractivity contribution in [3.05, 3.63) is 59.5 Å². The van der Waals surface area contributed by atoms with Gasteiger partial charge < -0.3 is 20.3 Å². The molecule has 0 aliphatic heterocycles. The molecule has 3 atom stereocenters. The Hall–Kier alpha value is -2.74. The lowest BCUT2D eigenvalue weighted by molar-refractivity contribution is 0.229. The van der Waals surface area contributed by atoms with E-state index in [0.29, 0.717) is 12.3 Å². The highest BCUT2D eigenvalue weighted by Gasteiger charge is 2.26. The zero-order chi connectivity index (χ0) is 17.8. The van der Waals surface area contributed by atoms with Gasteiger partial charge in [-0.05, 0) is 12.5 Å². The van der Waals surface area contributed by atoms with Crippen LogP contribution in [-0.4, -0.2) is 33.9 Å². The van der Waals surface area contributed by atoms with E-state index in [-0.39, 0.29) is 30.0 Å². The Morgan fingerprint density at radius 1 is 1.44 bits per heavy atom. The quantitative estimate of drug-likeness (QED) is 0.717. The van der Waals surface area contributed by atoms with Gasteiger partial charge in [-0.3, -0.25) is 0 Å². The highest BCUT2D eigenvalue weighted by Crippen LogP contribution is 2.23. The molecule has 3 rings (SSSR count). The number of aliphatic hydroxyl groups excluding tert-OH is 1. The Morgan fingerprint density at radius 2 is 2.24 bits per heavy atom. The maximum absolute atomic E-state index is 14.2. The van der Waals surface area contributed by atoms with Crippen LogP contribution in [0.1, 0.15) is 29.7 Å². The maximum Gasteiger partial charge on any atom is 0.316 e. The van der Waals surface area contributed by atoms with Crippen molar-refractivity contribution in [3.8, 4) is 0 Å². The van der Waals surface area contributed by atoms with E-state index < -0.39 is 17.9 Å². The second-order valence-corrected chi connectivity index (χ2v) is 5.91. The van der Waals surface area contributed by atoms with Gasteiger partial charge in [-0.2, -0.15) is 4.98 Å². The third-order valence-corrected chi connectivity index (χ3v) is 4.02. The second-order valence-electron chi connectivity index (χ2n) is 5.91. The van der Waals surface area contributed by atoms with Gasteiger partial charge in [0.25, 0.3) is 0 Å². The fraction of sp³-hybridized carbons (Fsp3) is 0.353. The maximum atomic E-state index is 14.2.